The van der Waals surface area contributed by atoms with E-state index in [9.17, 15) is 14.4 Å². The van der Waals surface area contributed by atoms with Crippen molar-refractivity contribution < 1.29 is 28.6 Å². The Morgan fingerprint density at radius 2 is 0.470 bits per heavy atom. The number of esters is 3. The van der Waals surface area contributed by atoms with Crippen LogP contribution in [0.15, 0.2) is 85.1 Å². The molecule has 0 aromatic heterocycles. The van der Waals surface area contributed by atoms with Crippen LogP contribution in [0.5, 0.6) is 0 Å². The molecule has 0 amide bonds. The maximum absolute atomic E-state index is 12.9. The third-order valence-corrected chi connectivity index (χ3v) is 15.9. The van der Waals surface area contributed by atoms with E-state index in [-0.39, 0.29) is 31.1 Å². The lowest BCUT2D eigenvalue weighted by molar-refractivity contribution is -0.167. The first kappa shape index (κ1) is 79.6. The lowest BCUT2D eigenvalue weighted by atomic mass is 10.0. The standard InChI is InChI=1S/C77H136O6/c1-4-7-10-13-16-19-22-25-28-30-31-32-33-34-35-36-37-38-39-40-41-42-43-44-45-47-49-52-55-58-61-64-67-70-76(79)82-73-74(72-81-75(78)69-66-63-60-57-54-51-48-27-24-21-18-15-12-9-6-3)83-77(80)71-68-65-62-59-56-53-50-46-29-26-23-20-17-14-11-8-5-2/h7,10,16,19,25-26,28-29,31-32,34-35,37-38,74H,4-6,8-9,11-15,17-18,20-24,27,30,33,36,39-73H2,1-3H3/b10-7-,19-16-,28-25-,29-26-,32-31-,35-34-,38-37-. The second-order valence-corrected chi connectivity index (χ2v) is 24.1. The van der Waals surface area contributed by atoms with Gasteiger partial charge in [0.15, 0.2) is 6.10 Å². The molecule has 480 valence electrons. The van der Waals surface area contributed by atoms with Gasteiger partial charge in [0.25, 0.3) is 0 Å². The lowest BCUT2D eigenvalue weighted by Crippen LogP contribution is -2.30. The Bertz CT molecular complexity index is 1570. The maximum Gasteiger partial charge on any atom is 0.306 e. The van der Waals surface area contributed by atoms with E-state index in [0.717, 1.165) is 96.3 Å². The summed E-state index contributed by atoms with van der Waals surface area (Å²) in [4.78, 5) is 38.4. The molecular formula is C77H136O6. The summed E-state index contributed by atoms with van der Waals surface area (Å²) in [5.41, 5.74) is 0. The van der Waals surface area contributed by atoms with E-state index in [1.54, 1.807) is 0 Å². The second kappa shape index (κ2) is 71.1. The highest BCUT2D eigenvalue weighted by Gasteiger charge is 2.19. The molecule has 0 aromatic rings. The molecule has 1 unspecified atom stereocenters. The van der Waals surface area contributed by atoms with Crippen LogP contribution in [0, 0.1) is 0 Å². The Morgan fingerprint density at radius 3 is 0.747 bits per heavy atom. The van der Waals surface area contributed by atoms with Crippen LogP contribution in [-0.4, -0.2) is 37.2 Å². The topological polar surface area (TPSA) is 78.9 Å². The van der Waals surface area contributed by atoms with Crippen molar-refractivity contribution in [3.63, 3.8) is 0 Å². The number of carbonyl (C=O) groups excluding carboxylic acids is 3. The summed E-state index contributed by atoms with van der Waals surface area (Å²) in [5, 5.41) is 0. The van der Waals surface area contributed by atoms with Gasteiger partial charge in [-0.1, -0.05) is 337 Å². The van der Waals surface area contributed by atoms with E-state index in [2.05, 4.69) is 106 Å². The predicted molar refractivity (Wildman–Crippen MR) is 362 cm³/mol. The van der Waals surface area contributed by atoms with Gasteiger partial charge in [0.1, 0.15) is 13.2 Å². The van der Waals surface area contributed by atoms with E-state index >= 15 is 0 Å². The SMILES string of the molecule is CC/C=C\C/C=C\C/C=C\C/C=C\C/C=C\C/C=C\CCCCCCCCCCCCCCCCC(=O)OCC(COC(=O)CCCCCCCCCCCCCCCCC)OC(=O)CCCCCCCCC/C=C\CCCCCCCC. The maximum atomic E-state index is 12.9. The molecule has 0 aliphatic heterocycles. The number of allylic oxidation sites excluding steroid dienone is 14. The Labute approximate surface area is 515 Å². The summed E-state index contributed by atoms with van der Waals surface area (Å²) in [5.74, 6) is -0.855. The van der Waals surface area contributed by atoms with Gasteiger partial charge in [-0.2, -0.15) is 0 Å². The average Bonchev–Trinajstić information content (AvgIpc) is 3.49. The minimum Gasteiger partial charge on any atom is -0.462 e. The van der Waals surface area contributed by atoms with Crippen LogP contribution in [0.3, 0.4) is 0 Å². The summed E-state index contributed by atoms with van der Waals surface area (Å²) in [6, 6.07) is 0. The monoisotopic (exact) mass is 1160 g/mol. The van der Waals surface area contributed by atoms with Gasteiger partial charge in [0.05, 0.1) is 0 Å². The number of carbonyl (C=O) groups is 3. The fraction of sp³-hybridized carbons (Fsp3) is 0.779. The van der Waals surface area contributed by atoms with Crippen molar-refractivity contribution in [3.8, 4) is 0 Å². The third kappa shape index (κ3) is 69.3. The van der Waals surface area contributed by atoms with Crippen molar-refractivity contribution in [2.45, 2.75) is 374 Å². The normalized spacial score (nSPS) is 12.6. The van der Waals surface area contributed by atoms with Crippen molar-refractivity contribution in [3.05, 3.63) is 85.1 Å². The number of hydrogen-bond donors (Lipinski definition) is 0. The Morgan fingerprint density at radius 1 is 0.253 bits per heavy atom. The smallest absolute Gasteiger partial charge is 0.306 e. The highest BCUT2D eigenvalue weighted by molar-refractivity contribution is 5.71. The molecule has 0 spiro atoms. The molecule has 6 nitrogen and oxygen atoms in total. The van der Waals surface area contributed by atoms with Crippen LogP contribution >= 0.6 is 0 Å². The first-order valence-corrected chi connectivity index (χ1v) is 36.1. The van der Waals surface area contributed by atoms with Crippen LogP contribution in [0.1, 0.15) is 367 Å². The van der Waals surface area contributed by atoms with Crippen LogP contribution in [0.25, 0.3) is 0 Å². The van der Waals surface area contributed by atoms with Gasteiger partial charge < -0.3 is 14.2 Å². The van der Waals surface area contributed by atoms with E-state index in [4.69, 9.17) is 14.2 Å². The van der Waals surface area contributed by atoms with Gasteiger partial charge in [-0.05, 0) is 96.3 Å². The van der Waals surface area contributed by atoms with E-state index in [1.807, 2.05) is 0 Å². The van der Waals surface area contributed by atoms with E-state index in [1.165, 1.54) is 231 Å². The predicted octanol–water partition coefficient (Wildman–Crippen LogP) is 25.0. The Kier molecular flexibility index (Phi) is 68.2. The van der Waals surface area contributed by atoms with Crippen LogP contribution < -0.4 is 0 Å². The summed E-state index contributed by atoms with van der Waals surface area (Å²) in [6.45, 7) is 6.57. The molecule has 0 aromatic carbocycles. The zero-order chi connectivity index (χ0) is 59.9. The number of rotatable bonds is 66. The average molecular weight is 1160 g/mol. The number of unbranched alkanes of at least 4 members (excludes halogenated alkanes) is 41. The van der Waals surface area contributed by atoms with Gasteiger partial charge in [0, 0.05) is 19.3 Å². The fourth-order valence-electron chi connectivity index (χ4n) is 10.5. The highest BCUT2D eigenvalue weighted by atomic mass is 16.6. The molecule has 0 fully saturated rings. The first-order valence-electron chi connectivity index (χ1n) is 36.1. The Hall–Kier alpha value is -3.41. The molecule has 83 heavy (non-hydrogen) atoms. The van der Waals surface area contributed by atoms with Gasteiger partial charge in [-0.15, -0.1) is 0 Å². The minimum absolute atomic E-state index is 0.0723. The van der Waals surface area contributed by atoms with Crippen LogP contribution in [0.4, 0.5) is 0 Å². The van der Waals surface area contributed by atoms with Gasteiger partial charge >= 0.3 is 17.9 Å². The number of ether oxygens (including phenoxy) is 3. The molecular weight excluding hydrogens is 1020 g/mol. The van der Waals surface area contributed by atoms with Gasteiger partial charge in [0.2, 0.25) is 0 Å². The molecule has 0 aliphatic carbocycles. The quantitative estimate of drug-likeness (QED) is 0.0261. The van der Waals surface area contributed by atoms with Gasteiger partial charge in [-0.25, -0.2) is 0 Å². The molecule has 0 radical (unpaired) electrons. The molecule has 0 aliphatic rings. The molecule has 0 N–H and O–H groups in total. The fourth-order valence-corrected chi connectivity index (χ4v) is 10.5. The summed E-state index contributed by atoms with van der Waals surface area (Å²) >= 11 is 0. The zero-order valence-electron chi connectivity index (χ0n) is 55.2. The molecule has 1 atom stereocenters. The lowest BCUT2D eigenvalue weighted by Gasteiger charge is -2.18. The molecule has 0 saturated heterocycles. The van der Waals surface area contributed by atoms with Crippen molar-refractivity contribution in [2.24, 2.45) is 0 Å². The minimum atomic E-state index is -0.777. The van der Waals surface area contributed by atoms with E-state index < -0.39 is 6.10 Å². The van der Waals surface area contributed by atoms with Crippen molar-refractivity contribution >= 4 is 17.9 Å². The summed E-state index contributed by atoms with van der Waals surface area (Å²) in [7, 11) is 0. The van der Waals surface area contributed by atoms with Crippen LogP contribution in [0.2, 0.25) is 0 Å². The van der Waals surface area contributed by atoms with Crippen LogP contribution in [-0.2, 0) is 28.6 Å². The molecule has 0 saturated carbocycles. The molecule has 0 heterocycles. The summed E-state index contributed by atoms with van der Waals surface area (Å²) in [6.07, 6.45) is 94.7. The van der Waals surface area contributed by atoms with Crippen molar-refractivity contribution in [1.29, 1.82) is 0 Å². The third-order valence-electron chi connectivity index (χ3n) is 15.9. The zero-order valence-corrected chi connectivity index (χ0v) is 55.2. The van der Waals surface area contributed by atoms with Gasteiger partial charge in [-0.3, -0.25) is 14.4 Å². The number of hydrogen-bond acceptors (Lipinski definition) is 6. The molecule has 0 bridgehead atoms. The summed E-state index contributed by atoms with van der Waals surface area (Å²) < 4.78 is 17.0. The second-order valence-electron chi connectivity index (χ2n) is 24.1. The first-order chi connectivity index (χ1) is 41.0. The largest absolute Gasteiger partial charge is 0.462 e. The molecule has 0 rings (SSSR count). The molecule has 6 heteroatoms. The van der Waals surface area contributed by atoms with Crippen molar-refractivity contribution in [2.75, 3.05) is 13.2 Å². The Balaban J connectivity index is 4.21. The highest BCUT2D eigenvalue weighted by Crippen LogP contribution is 2.18. The van der Waals surface area contributed by atoms with Crippen molar-refractivity contribution in [1.82, 2.24) is 0 Å². The van der Waals surface area contributed by atoms with E-state index in [0.29, 0.717) is 19.3 Å².